The number of amides is 1. The van der Waals surface area contributed by atoms with Crippen LogP contribution in [0.4, 0.5) is 17.1 Å². The van der Waals surface area contributed by atoms with Crippen LogP contribution in [-0.4, -0.2) is 12.5 Å². The number of nitrogens with one attached hydrogen (secondary N) is 1. The largest absolute Gasteiger partial charge is 0.374 e. The molecule has 2 aromatic carbocycles. The molecule has 1 aliphatic heterocycles. The summed E-state index contributed by atoms with van der Waals surface area (Å²) in [6, 6.07) is 13.6. The highest BCUT2D eigenvalue weighted by molar-refractivity contribution is 9.10. The molecular formula is C15H14BrN3O. The van der Waals surface area contributed by atoms with Gasteiger partial charge in [-0.15, -0.1) is 0 Å². The number of nitrogens with two attached hydrogens (primary N) is 1. The summed E-state index contributed by atoms with van der Waals surface area (Å²) < 4.78 is 0.941. The Balaban J connectivity index is 2.07. The number of halogens is 1. The number of benzene rings is 2. The van der Waals surface area contributed by atoms with E-state index in [2.05, 4.69) is 21.2 Å². The lowest BCUT2D eigenvalue weighted by atomic mass is 10.1. The minimum Gasteiger partial charge on any atom is -0.374 e. The van der Waals surface area contributed by atoms with Crippen LogP contribution in [0.1, 0.15) is 5.56 Å². The molecule has 3 N–H and O–H groups in total. The smallest absolute Gasteiger partial charge is 0.250 e. The summed E-state index contributed by atoms with van der Waals surface area (Å²) in [6.45, 7) is 0.797. The highest BCUT2D eigenvalue weighted by Gasteiger charge is 2.25. The molecule has 0 unspecified atom stereocenters. The lowest BCUT2D eigenvalue weighted by Crippen LogP contribution is -2.36. The molecule has 4 nitrogen and oxygen atoms in total. The lowest BCUT2D eigenvalue weighted by Gasteiger charge is -2.30. The molecular weight excluding hydrogens is 318 g/mol. The summed E-state index contributed by atoms with van der Waals surface area (Å²) in [4.78, 5) is 14.0. The summed E-state index contributed by atoms with van der Waals surface area (Å²) in [7, 11) is 0. The molecule has 1 aliphatic rings. The van der Waals surface area contributed by atoms with E-state index in [0.717, 1.165) is 27.1 Å². The van der Waals surface area contributed by atoms with Crippen molar-refractivity contribution in [1.82, 2.24) is 0 Å². The molecule has 0 atom stereocenters. The number of hydrogen-bond acceptors (Lipinski definition) is 3. The van der Waals surface area contributed by atoms with Crippen LogP contribution in [0.15, 0.2) is 46.9 Å². The average Bonchev–Trinajstić information content (AvgIpc) is 2.47. The van der Waals surface area contributed by atoms with Gasteiger partial charge in [-0.05, 0) is 35.9 Å². The van der Waals surface area contributed by atoms with E-state index in [9.17, 15) is 4.79 Å². The van der Waals surface area contributed by atoms with Gasteiger partial charge in [0.2, 0.25) is 0 Å². The SMILES string of the molecule is NCc1ccc(N2C(=O)CNc3ccc(Br)cc32)cc1. The van der Waals surface area contributed by atoms with Crippen LogP contribution in [0.2, 0.25) is 0 Å². The van der Waals surface area contributed by atoms with Crippen molar-refractivity contribution in [3.05, 3.63) is 52.5 Å². The van der Waals surface area contributed by atoms with Crippen molar-refractivity contribution in [3.8, 4) is 0 Å². The molecule has 1 amide bonds. The molecule has 0 radical (unpaired) electrons. The molecule has 0 saturated carbocycles. The highest BCUT2D eigenvalue weighted by atomic mass is 79.9. The number of anilines is 3. The molecule has 3 rings (SSSR count). The first-order chi connectivity index (χ1) is 9.69. The zero-order chi connectivity index (χ0) is 14.1. The first-order valence-electron chi connectivity index (χ1n) is 6.34. The number of carbonyl (C=O) groups excluding carboxylic acids is 1. The normalized spacial score (nSPS) is 13.9. The minimum absolute atomic E-state index is 0.0242. The predicted molar refractivity (Wildman–Crippen MR) is 84.1 cm³/mol. The van der Waals surface area contributed by atoms with Crippen molar-refractivity contribution in [2.24, 2.45) is 5.73 Å². The van der Waals surface area contributed by atoms with Gasteiger partial charge >= 0.3 is 0 Å². The molecule has 5 heteroatoms. The summed E-state index contributed by atoms with van der Waals surface area (Å²) in [5, 5.41) is 3.13. The van der Waals surface area contributed by atoms with Crippen molar-refractivity contribution in [2.75, 3.05) is 16.8 Å². The summed E-state index contributed by atoms with van der Waals surface area (Å²) >= 11 is 3.45. The van der Waals surface area contributed by atoms with Gasteiger partial charge in [0.25, 0.3) is 5.91 Å². The maximum atomic E-state index is 12.2. The van der Waals surface area contributed by atoms with Crippen LogP contribution in [-0.2, 0) is 11.3 Å². The van der Waals surface area contributed by atoms with Crippen LogP contribution in [0, 0.1) is 0 Å². The van der Waals surface area contributed by atoms with E-state index in [4.69, 9.17) is 5.73 Å². The van der Waals surface area contributed by atoms with Gasteiger partial charge in [-0.2, -0.15) is 0 Å². The Morgan fingerprint density at radius 1 is 1.20 bits per heavy atom. The molecule has 0 saturated heterocycles. The molecule has 1 heterocycles. The zero-order valence-electron chi connectivity index (χ0n) is 10.8. The maximum absolute atomic E-state index is 12.2. The number of carbonyl (C=O) groups is 1. The molecule has 0 fully saturated rings. The van der Waals surface area contributed by atoms with Crippen LogP contribution < -0.4 is 16.0 Å². The van der Waals surface area contributed by atoms with Crippen molar-refractivity contribution >= 4 is 38.9 Å². The van der Waals surface area contributed by atoms with E-state index >= 15 is 0 Å². The quantitative estimate of drug-likeness (QED) is 0.889. The van der Waals surface area contributed by atoms with Gasteiger partial charge in [0.05, 0.1) is 17.9 Å². The Kier molecular flexibility index (Phi) is 3.46. The first kappa shape index (κ1) is 13.1. The van der Waals surface area contributed by atoms with Gasteiger partial charge < -0.3 is 11.1 Å². The topological polar surface area (TPSA) is 58.4 Å². The molecule has 2 aromatic rings. The van der Waals surface area contributed by atoms with Gasteiger partial charge in [-0.1, -0.05) is 28.1 Å². The minimum atomic E-state index is 0.0242. The van der Waals surface area contributed by atoms with Crippen LogP contribution in [0.3, 0.4) is 0 Å². The fraction of sp³-hybridized carbons (Fsp3) is 0.133. The molecule has 0 aromatic heterocycles. The van der Waals surface area contributed by atoms with Crippen LogP contribution in [0.25, 0.3) is 0 Å². The number of fused-ring (bicyclic) bond motifs is 1. The summed E-state index contributed by atoms with van der Waals surface area (Å²) in [5.74, 6) is 0.0242. The van der Waals surface area contributed by atoms with E-state index in [1.54, 1.807) is 4.90 Å². The number of hydrogen-bond donors (Lipinski definition) is 2. The molecule has 20 heavy (non-hydrogen) atoms. The standard InChI is InChI=1S/C15H14BrN3O/c16-11-3-6-13-14(7-11)19(15(20)9-18-13)12-4-1-10(8-17)2-5-12/h1-7,18H,8-9,17H2. The monoisotopic (exact) mass is 331 g/mol. The maximum Gasteiger partial charge on any atom is 0.250 e. The van der Waals surface area contributed by atoms with Gasteiger partial charge in [-0.3, -0.25) is 9.69 Å². The van der Waals surface area contributed by atoms with Crippen LogP contribution >= 0.6 is 15.9 Å². The highest BCUT2D eigenvalue weighted by Crippen LogP contribution is 2.37. The second-order valence-electron chi connectivity index (χ2n) is 4.61. The van der Waals surface area contributed by atoms with Gasteiger partial charge in [-0.25, -0.2) is 0 Å². The van der Waals surface area contributed by atoms with Crippen molar-refractivity contribution in [2.45, 2.75) is 6.54 Å². The van der Waals surface area contributed by atoms with Crippen molar-refractivity contribution < 1.29 is 4.79 Å². The van der Waals surface area contributed by atoms with E-state index in [-0.39, 0.29) is 5.91 Å². The second-order valence-corrected chi connectivity index (χ2v) is 5.53. The van der Waals surface area contributed by atoms with Crippen molar-refractivity contribution in [1.29, 1.82) is 0 Å². The fourth-order valence-electron chi connectivity index (χ4n) is 2.29. The summed E-state index contributed by atoms with van der Waals surface area (Å²) in [5.41, 5.74) is 9.32. The Morgan fingerprint density at radius 2 is 1.95 bits per heavy atom. The van der Waals surface area contributed by atoms with Gasteiger partial charge in [0.1, 0.15) is 0 Å². The Hall–Kier alpha value is -1.85. The third-order valence-electron chi connectivity index (χ3n) is 3.31. The van der Waals surface area contributed by atoms with E-state index in [0.29, 0.717) is 13.1 Å². The number of nitrogens with zero attached hydrogens (tertiary/aromatic N) is 1. The second kappa shape index (κ2) is 5.26. The Bertz CT molecular complexity index is 655. The van der Waals surface area contributed by atoms with E-state index < -0.39 is 0 Å². The fourth-order valence-corrected chi connectivity index (χ4v) is 2.64. The third kappa shape index (κ3) is 2.30. The third-order valence-corrected chi connectivity index (χ3v) is 3.80. The predicted octanol–water partition coefficient (Wildman–Crippen LogP) is 3.00. The summed E-state index contributed by atoms with van der Waals surface area (Å²) in [6.07, 6.45) is 0. The average molecular weight is 332 g/mol. The van der Waals surface area contributed by atoms with Crippen LogP contribution in [0.5, 0.6) is 0 Å². The van der Waals surface area contributed by atoms with Gasteiger partial charge in [0, 0.05) is 16.7 Å². The molecule has 0 bridgehead atoms. The first-order valence-corrected chi connectivity index (χ1v) is 7.14. The molecule has 0 aliphatic carbocycles. The zero-order valence-corrected chi connectivity index (χ0v) is 12.4. The Labute approximate surface area is 125 Å². The van der Waals surface area contributed by atoms with E-state index in [1.165, 1.54) is 0 Å². The van der Waals surface area contributed by atoms with Crippen molar-refractivity contribution in [3.63, 3.8) is 0 Å². The number of rotatable bonds is 2. The van der Waals surface area contributed by atoms with Gasteiger partial charge in [0.15, 0.2) is 0 Å². The Morgan fingerprint density at radius 3 is 2.65 bits per heavy atom. The lowest BCUT2D eigenvalue weighted by molar-refractivity contribution is -0.116. The molecule has 102 valence electrons. The molecule has 0 spiro atoms. The van der Waals surface area contributed by atoms with E-state index in [1.807, 2.05) is 42.5 Å².